The highest BCUT2D eigenvalue weighted by atomic mass is 16.6. The van der Waals surface area contributed by atoms with E-state index in [0.717, 1.165) is 0 Å². The van der Waals surface area contributed by atoms with Crippen LogP contribution in [0.4, 0.5) is 0 Å². The number of ether oxygens (including phenoxy) is 1. The van der Waals surface area contributed by atoms with Crippen LogP contribution >= 0.6 is 0 Å². The molecule has 0 bridgehead atoms. The largest absolute Gasteiger partial charge is 0.390 e. The summed E-state index contributed by atoms with van der Waals surface area (Å²) in [5.41, 5.74) is 16.3. The van der Waals surface area contributed by atoms with Gasteiger partial charge >= 0.3 is 0 Å². The van der Waals surface area contributed by atoms with Gasteiger partial charge in [-0.15, -0.1) is 0 Å². The highest BCUT2D eigenvalue weighted by molar-refractivity contribution is 4.94. The van der Waals surface area contributed by atoms with Crippen molar-refractivity contribution in [2.45, 2.75) is 30.6 Å². The third-order valence-corrected chi connectivity index (χ3v) is 2.20. The lowest BCUT2D eigenvalue weighted by Gasteiger charge is -2.38. The summed E-state index contributed by atoms with van der Waals surface area (Å²) < 4.78 is 4.80. The number of hydrogen-bond donors (Lipinski definition) is 3. The van der Waals surface area contributed by atoms with Crippen molar-refractivity contribution in [2.24, 2.45) is 10.2 Å². The molecule has 0 amide bonds. The summed E-state index contributed by atoms with van der Waals surface area (Å²) in [5, 5.41) is 34.6. The first kappa shape index (κ1) is 12.5. The van der Waals surface area contributed by atoms with Gasteiger partial charge < -0.3 is 20.1 Å². The average molecular weight is 230 g/mol. The molecule has 0 aromatic rings. The Balaban J connectivity index is 2.83. The van der Waals surface area contributed by atoms with E-state index in [1.165, 1.54) is 0 Å². The molecule has 0 unspecified atom stereocenters. The predicted octanol–water partition coefficient (Wildman–Crippen LogP) is -0.585. The van der Waals surface area contributed by atoms with E-state index < -0.39 is 30.6 Å². The quantitative estimate of drug-likeness (QED) is 0.335. The van der Waals surface area contributed by atoms with Gasteiger partial charge in [0.2, 0.25) is 0 Å². The van der Waals surface area contributed by atoms with Crippen LogP contribution in [0, 0.1) is 0 Å². The van der Waals surface area contributed by atoms with Gasteiger partial charge in [0.25, 0.3) is 0 Å². The van der Waals surface area contributed by atoms with E-state index in [2.05, 4.69) is 20.1 Å². The van der Waals surface area contributed by atoms with Crippen LogP contribution in [0.15, 0.2) is 10.2 Å². The molecule has 1 fully saturated rings. The van der Waals surface area contributed by atoms with Crippen LogP contribution in [0.1, 0.15) is 0 Å². The third-order valence-electron chi connectivity index (χ3n) is 2.20. The number of hydrogen-bond acceptors (Lipinski definition) is 6. The Morgan fingerprint density at radius 2 is 1.81 bits per heavy atom. The smallest absolute Gasteiger partial charge is 0.181 e. The molecule has 5 atom stereocenters. The SMILES string of the molecule is [N-]=[N+]=NC[C@@H]1O[C@H](O)[C@H](O)[C@H](N=[N+]=[N-])[C@@H]1O. The molecular formula is C6H10N6O4. The summed E-state index contributed by atoms with van der Waals surface area (Å²) in [6.45, 7) is -0.237. The van der Waals surface area contributed by atoms with Gasteiger partial charge in [-0.25, -0.2) is 0 Å². The molecule has 1 heterocycles. The summed E-state index contributed by atoms with van der Waals surface area (Å²) >= 11 is 0. The fraction of sp³-hybridized carbons (Fsp3) is 1.00. The number of aliphatic hydroxyl groups excluding tert-OH is 3. The van der Waals surface area contributed by atoms with Crippen molar-refractivity contribution >= 4 is 0 Å². The minimum atomic E-state index is -1.60. The van der Waals surface area contributed by atoms with Gasteiger partial charge in [0.1, 0.15) is 6.10 Å². The number of azide groups is 2. The van der Waals surface area contributed by atoms with Gasteiger partial charge in [0, 0.05) is 9.82 Å². The topological polar surface area (TPSA) is 167 Å². The lowest BCUT2D eigenvalue weighted by molar-refractivity contribution is -0.249. The van der Waals surface area contributed by atoms with Gasteiger partial charge in [0.15, 0.2) is 6.29 Å². The Hall–Kier alpha value is -1.54. The van der Waals surface area contributed by atoms with Crippen molar-refractivity contribution < 1.29 is 20.1 Å². The van der Waals surface area contributed by atoms with Crippen molar-refractivity contribution in [3.05, 3.63) is 20.9 Å². The Labute approximate surface area is 89.3 Å². The zero-order valence-corrected chi connectivity index (χ0v) is 8.03. The molecule has 10 heteroatoms. The maximum Gasteiger partial charge on any atom is 0.181 e. The number of rotatable bonds is 3. The first-order valence-electron chi connectivity index (χ1n) is 4.36. The minimum Gasteiger partial charge on any atom is -0.390 e. The van der Waals surface area contributed by atoms with E-state index >= 15 is 0 Å². The van der Waals surface area contributed by atoms with Crippen LogP contribution in [0.3, 0.4) is 0 Å². The molecule has 0 aromatic carbocycles. The van der Waals surface area contributed by atoms with Gasteiger partial charge in [-0.1, -0.05) is 10.2 Å². The molecule has 16 heavy (non-hydrogen) atoms. The Kier molecular flexibility index (Phi) is 4.32. The Bertz CT molecular complexity index is 338. The fourth-order valence-electron chi connectivity index (χ4n) is 1.39. The molecule has 0 saturated carbocycles. The molecule has 10 nitrogen and oxygen atoms in total. The standard InChI is InChI=1S/C6H10N6O4/c7-11-9-1-2-4(13)3(10-12-8)5(14)6(15)16-2/h2-6,13-15H,1H2/t2-,3+,4+,5+,6-/m0/s1. The van der Waals surface area contributed by atoms with E-state index in [-0.39, 0.29) is 6.54 Å². The highest BCUT2D eigenvalue weighted by Gasteiger charge is 2.43. The van der Waals surface area contributed by atoms with Gasteiger partial charge in [-0.3, -0.25) is 0 Å². The average Bonchev–Trinajstić information content (AvgIpc) is 2.27. The maximum absolute atomic E-state index is 9.63. The Morgan fingerprint density at radius 1 is 1.12 bits per heavy atom. The van der Waals surface area contributed by atoms with Gasteiger partial charge in [0.05, 0.1) is 24.8 Å². The van der Waals surface area contributed by atoms with Crippen LogP contribution in [0.5, 0.6) is 0 Å². The zero-order valence-electron chi connectivity index (χ0n) is 8.03. The number of aliphatic hydroxyl groups is 3. The van der Waals surface area contributed by atoms with Crippen LogP contribution < -0.4 is 0 Å². The van der Waals surface area contributed by atoms with E-state index in [9.17, 15) is 15.3 Å². The first-order valence-corrected chi connectivity index (χ1v) is 4.36. The van der Waals surface area contributed by atoms with E-state index in [1.807, 2.05) is 0 Å². The molecule has 3 N–H and O–H groups in total. The first-order chi connectivity index (χ1) is 7.61. The molecule has 0 radical (unpaired) electrons. The highest BCUT2D eigenvalue weighted by Crippen LogP contribution is 2.22. The molecule has 1 rings (SSSR count). The summed E-state index contributed by atoms with van der Waals surface area (Å²) in [4.78, 5) is 4.91. The van der Waals surface area contributed by atoms with Gasteiger partial charge in [-0.05, 0) is 11.1 Å². The van der Waals surface area contributed by atoms with Crippen molar-refractivity contribution in [1.82, 2.24) is 0 Å². The molecular weight excluding hydrogens is 220 g/mol. The van der Waals surface area contributed by atoms with Crippen LogP contribution in [-0.2, 0) is 4.74 Å². The van der Waals surface area contributed by atoms with Crippen molar-refractivity contribution in [1.29, 1.82) is 0 Å². The molecule has 0 aliphatic carbocycles. The lowest BCUT2D eigenvalue weighted by Crippen LogP contribution is -2.57. The van der Waals surface area contributed by atoms with Crippen molar-refractivity contribution in [2.75, 3.05) is 6.54 Å². The monoisotopic (exact) mass is 230 g/mol. The summed E-state index contributed by atoms with van der Waals surface area (Å²) in [5.74, 6) is 0. The normalized spacial score (nSPS) is 38.3. The van der Waals surface area contributed by atoms with Crippen LogP contribution in [0.25, 0.3) is 20.9 Å². The van der Waals surface area contributed by atoms with Crippen molar-refractivity contribution in [3.8, 4) is 0 Å². The van der Waals surface area contributed by atoms with Crippen molar-refractivity contribution in [3.63, 3.8) is 0 Å². The number of nitrogens with zero attached hydrogens (tertiary/aromatic N) is 6. The van der Waals surface area contributed by atoms with E-state index in [1.54, 1.807) is 0 Å². The predicted molar refractivity (Wildman–Crippen MR) is 49.8 cm³/mol. The molecule has 0 spiro atoms. The molecule has 1 aliphatic heterocycles. The summed E-state index contributed by atoms with van der Waals surface area (Å²) in [6, 6.07) is -1.24. The summed E-state index contributed by atoms with van der Waals surface area (Å²) in [6.07, 6.45) is -5.49. The second kappa shape index (κ2) is 5.52. The zero-order chi connectivity index (χ0) is 12.1. The lowest BCUT2D eigenvalue weighted by atomic mass is 9.97. The molecule has 0 aromatic heterocycles. The third kappa shape index (κ3) is 2.52. The second-order valence-electron chi connectivity index (χ2n) is 3.16. The fourth-order valence-corrected chi connectivity index (χ4v) is 1.39. The van der Waals surface area contributed by atoms with Gasteiger partial charge in [-0.2, -0.15) is 0 Å². The molecule has 1 saturated heterocycles. The van der Waals surface area contributed by atoms with E-state index in [0.29, 0.717) is 0 Å². The minimum absolute atomic E-state index is 0.237. The summed E-state index contributed by atoms with van der Waals surface area (Å²) in [7, 11) is 0. The maximum atomic E-state index is 9.63. The molecule has 1 aliphatic rings. The molecule has 88 valence electrons. The van der Waals surface area contributed by atoms with Crippen LogP contribution in [-0.4, -0.2) is 52.5 Å². The second-order valence-corrected chi connectivity index (χ2v) is 3.16. The Morgan fingerprint density at radius 3 is 2.38 bits per heavy atom. The van der Waals surface area contributed by atoms with E-state index in [4.69, 9.17) is 15.8 Å². The van der Waals surface area contributed by atoms with Crippen LogP contribution in [0.2, 0.25) is 0 Å².